The Morgan fingerprint density at radius 1 is 1.41 bits per heavy atom. The van der Waals surface area contributed by atoms with Crippen molar-refractivity contribution >= 4 is 5.91 Å². The molecule has 0 radical (unpaired) electrons. The molecule has 0 unspecified atom stereocenters. The second kappa shape index (κ2) is 4.61. The number of ether oxygens (including phenoxy) is 2. The van der Waals surface area contributed by atoms with E-state index < -0.39 is 5.91 Å². The summed E-state index contributed by atoms with van der Waals surface area (Å²) >= 11 is 0. The van der Waals surface area contributed by atoms with E-state index in [2.05, 4.69) is 4.98 Å². The molecule has 1 fully saturated rings. The maximum Gasteiger partial charge on any atom is 0.256 e. The highest BCUT2D eigenvalue weighted by Gasteiger charge is 2.27. The molecule has 1 heterocycles. The number of aromatic nitrogens is 1. The lowest BCUT2D eigenvalue weighted by atomic mass is 10.2. The van der Waals surface area contributed by atoms with Gasteiger partial charge >= 0.3 is 0 Å². The fourth-order valence-electron chi connectivity index (χ4n) is 1.46. The van der Waals surface area contributed by atoms with E-state index in [0.717, 1.165) is 12.8 Å². The lowest BCUT2D eigenvalue weighted by molar-refractivity contribution is 0.0989. The van der Waals surface area contributed by atoms with Gasteiger partial charge in [0.2, 0.25) is 0 Å². The van der Waals surface area contributed by atoms with Crippen LogP contribution in [0, 0.1) is 0 Å². The minimum atomic E-state index is -0.557. The van der Waals surface area contributed by atoms with E-state index in [1.165, 1.54) is 12.4 Å². The van der Waals surface area contributed by atoms with Crippen LogP contribution in [0.3, 0.4) is 0 Å². The molecule has 0 spiro atoms. The average Bonchev–Trinajstić information content (AvgIpc) is 3.00. The van der Waals surface area contributed by atoms with Crippen LogP contribution >= 0.6 is 0 Å². The van der Waals surface area contributed by atoms with E-state index in [-0.39, 0.29) is 17.8 Å². The van der Waals surface area contributed by atoms with Crippen molar-refractivity contribution < 1.29 is 14.3 Å². The Hall–Kier alpha value is -1.78. The molecule has 0 aliphatic heterocycles. The molecular formula is C12H16N2O3. The van der Waals surface area contributed by atoms with Crippen molar-refractivity contribution in [2.75, 3.05) is 0 Å². The number of rotatable bonds is 5. The van der Waals surface area contributed by atoms with Gasteiger partial charge in [-0.3, -0.25) is 9.78 Å². The highest BCUT2D eigenvalue weighted by Crippen LogP contribution is 2.32. The van der Waals surface area contributed by atoms with Gasteiger partial charge in [0.1, 0.15) is 5.56 Å². The third-order valence-corrected chi connectivity index (χ3v) is 2.30. The van der Waals surface area contributed by atoms with Gasteiger partial charge in [-0.2, -0.15) is 0 Å². The van der Waals surface area contributed by atoms with Crippen LogP contribution < -0.4 is 15.2 Å². The maximum atomic E-state index is 11.5. The minimum absolute atomic E-state index is 0.0499. The molecule has 0 atom stereocenters. The van der Waals surface area contributed by atoms with Crippen LogP contribution in [-0.2, 0) is 0 Å². The molecule has 2 rings (SSSR count). The number of nitrogens with zero attached hydrogens (tertiary/aromatic N) is 1. The highest BCUT2D eigenvalue weighted by molar-refractivity contribution is 5.98. The standard InChI is InChI=1S/C12H16N2O3/c1-7(2)16-9-5-14-6-10(11(9)12(13)15)17-8-3-4-8/h5-8H,3-4H2,1-2H3,(H2,13,15). The first-order valence-corrected chi connectivity index (χ1v) is 5.69. The van der Waals surface area contributed by atoms with E-state index in [4.69, 9.17) is 15.2 Å². The van der Waals surface area contributed by atoms with Gasteiger partial charge in [0, 0.05) is 0 Å². The Labute approximate surface area is 99.9 Å². The Morgan fingerprint density at radius 2 is 2.06 bits per heavy atom. The summed E-state index contributed by atoms with van der Waals surface area (Å²) in [5.74, 6) is 0.238. The first-order chi connectivity index (χ1) is 8.08. The van der Waals surface area contributed by atoms with Gasteiger partial charge in [0.15, 0.2) is 11.5 Å². The molecule has 2 N–H and O–H groups in total. The number of amides is 1. The topological polar surface area (TPSA) is 74.4 Å². The van der Waals surface area contributed by atoms with Crippen LogP contribution in [0.25, 0.3) is 0 Å². The SMILES string of the molecule is CC(C)Oc1cncc(OC2CC2)c1C(N)=O. The maximum absolute atomic E-state index is 11.5. The number of carbonyl (C=O) groups excluding carboxylic acids is 1. The van der Waals surface area contributed by atoms with Gasteiger partial charge in [-0.15, -0.1) is 0 Å². The van der Waals surface area contributed by atoms with Crippen LogP contribution in [-0.4, -0.2) is 23.1 Å². The van der Waals surface area contributed by atoms with Gasteiger partial charge in [-0.25, -0.2) is 0 Å². The van der Waals surface area contributed by atoms with Gasteiger partial charge in [-0.05, 0) is 26.7 Å². The van der Waals surface area contributed by atoms with Crippen LogP contribution in [0.15, 0.2) is 12.4 Å². The Balaban J connectivity index is 2.32. The van der Waals surface area contributed by atoms with Crippen LogP contribution in [0.1, 0.15) is 37.0 Å². The van der Waals surface area contributed by atoms with Crippen LogP contribution in [0.2, 0.25) is 0 Å². The summed E-state index contributed by atoms with van der Waals surface area (Å²) in [7, 11) is 0. The van der Waals surface area contributed by atoms with E-state index in [1.807, 2.05) is 13.8 Å². The molecule has 5 nitrogen and oxygen atoms in total. The zero-order chi connectivity index (χ0) is 12.4. The van der Waals surface area contributed by atoms with Crippen molar-refractivity contribution in [2.24, 2.45) is 5.73 Å². The Bertz CT molecular complexity index is 406. The number of hydrogen-bond acceptors (Lipinski definition) is 4. The second-order valence-electron chi connectivity index (χ2n) is 4.36. The summed E-state index contributed by atoms with van der Waals surface area (Å²) in [6, 6.07) is 0. The molecule has 1 aromatic heterocycles. The highest BCUT2D eigenvalue weighted by atomic mass is 16.5. The lowest BCUT2D eigenvalue weighted by Gasteiger charge is -2.15. The summed E-state index contributed by atoms with van der Waals surface area (Å²) in [5.41, 5.74) is 5.64. The predicted molar refractivity (Wildman–Crippen MR) is 62.2 cm³/mol. The molecule has 1 amide bonds. The lowest BCUT2D eigenvalue weighted by Crippen LogP contribution is -2.17. The quantitative estimate of drug-likeness (QED) is 0.840. The predicted octanol–water partition coefficient (Wildman–Crippen LogP) is 1.51. The third kappa shape index (κ3) is 2.87. The molecule has 5 heteroatoms. The summed E-state index contributed by atoms with van der Waals surface area (Å²) in [5, 5.41) is 0. The molecule has 0 aromatic carbocycles. The largest absolute Gasteiger partial charge is 0.488 e. The van der Waals surface area contributed by atoms with Gasteiger partial charge in [0.05, 0.1) is 24.6 Å². The number of primary amides is 1. The Kier molecular flexibility index (Phi) is 3.17. The van der Waals surface area contributed by atoms with Crippen molar-refractivity contribution in [1.82, 2.24) is 4.98 Å². The van der Waals surface area contributed by atoms with Crippen molar-refractivity contribution in [3.05, 3.63) is 18.0 Å². The van der Waals surface area contributed by atoms with Gasteiger partial charge in [-0.1, -0.05) is 0 Å². The van der Waals surface area contributed by atoms with E-state index in [9.17, 15) is 4.79 Å². The van der Waals surface area contributed by atoms with E-state index >= 15 is 0 Å². The number of nitrogens with two attached hydrogens (primary N) is 1. The summed E-state index contributed by atoms with van der Waals surface area (Å²) < 4.78 is 11.1. The molecule has 1 aromatic rings. The van der Waals surface area contributed by atoms with Crippen molar-refractivity contribution in [2.45, 2.75) is 38.9 Å². The number of pyridine rings is 1. The number of hydrogen-bond donors (Lipinski definition) is 1. The zero-order valence-electron chi connectivity index (χ0n) is 9.97. The third-order valence-electron chi connectivity index (χ3n) is 2.30. The number of carbonyl (C=O) groups is 1. The van der Waals surface area contributed by atoms with Crippen LogP contribution in [0.4, 0.5) is 0 Å². The van der Waals surface area contributed by atoms with Gasteiger partial charge < -0.3 is 15.2 Å². The average molecular weight is 236 g/mol. The first-order valence-electron chi connectivity index (χ1n) is 5.69. The molecule has 92 valence electrons. The fraction of sp³-hybridized carbons (Fsp3) is 0.500. The first kappa shape index (κ1) is 11.7. The molecule has 0 saturated heterocycles. The fourth-order valence-corrected chi connectivity index (χ4v) is 1.46. The normalized spacial score (nSPS) is 14.8. The van der Waals surface area contributed by atoms with Crippen molar-refractivity contribution in [3.8, 4) is 11.5 Å². The minimum Gasteiger partial charge on any atom is -0.488 e. The molecule has 1 aliphatic rings. The molecular weight excluding hydrogens is 220 g/mol. The van der Waals surface area contributed by atoms with Gasteiger partial charge in [0.25, 0.3) is 5.91 Å². The molecule has 17 heavy (non-hydrogen) atoms. The summed E-state index contributed by atoms with van der Waals surface area (Å²) in [6.45, 7) is 3.75. The summed E-state index contributed by atoms with van der Waals surface area (Å²) in [6.07, 6.45) is 5.14. The van der Waals surface area contributed by atoms with Crippen LogP contribution in [0.5, 0.6) is 11.5 Å². The molecule has 1 aliphatic carbocycles. The van der Waals surface area contributed by atoms with E-state index in [1.54, 1.807) is 0 Å². The smallest absolute Gasteiger partial charge is 0.256 e. The monoisotopic (exact) mass is 236 g/mol. The molecule has 0 bridgehead atoms. The zero-order valence-corrected chi connectivity index (χ0v) is 9.97. The molecule has 1 saturated carbocycles. The summed E-state index contributed by atoms with van der Waals surface area (Å²) in [4.78, 5) is 15.5. The second-order valence-corrected chi connectivity index (χ2v) is 4.36. The van der Waals surface area contributed by atoms with Crippen molar-refractivity contribution in [3.63, 3.8) is 0 Å². The van der Waals surface area contributed by atoms with Crippen molar-refractivity contribution in [1.29, 1.82) is 0 Å². The van der Waals surface area contributed by atoms with E-state index in [0.29, 0.717) is 11.5 Å². The Morgan fingerprint density at radius 3 is 2.59 bits per heavy atom.